The summed E-state index contributed by atoms with van der Waals surface area (Å²) in [5.74, 6) is 8.03. The molecule has 15 aromatic carbocycles. The van der Waals surface area contributed by atoms with E-state index in [1.165, 1.54) is 76.8 Å². The number of hydrogen-bond acceptors (Lipinski definition) is 16. The van der Waals surface area contributed by atoms with Crippen molar-refractivity contribution < 1.29 is 0 Å². The Morgan fingerprint density at radius 1 is 0.157 bits per heavy atom. The number of hydrogen-bond donors (Lipinski definition) is 0. The Bertz CT molecular complexity index is 7650. The van der Waals surface area contributed by atoms with Gasteiger partial charge < -0.3 is 0 Å². The predicted molar refractivity (Wildman–Crippen MR) is 566 cm³/mol. The van der Waals surface area contributed by atoms with Crippen LogP contribution in [0.4, 0.5) is 0 Å². The van der Waals surface area contributed by atoms with Crippen molar-refractivity contribution in [3.05, 3.63) is 494 Å². The molecule has 140 heavy (non-hydrogen) atoms. The second kappa shape index (κ2) is 41.7. The van der Waals surface area contributed by atoms with Gasteiger partial charge in [-0.25, -0.2) is 69.8 Å². The first-order valence-corrected chi connectivity index (χ1v) is 46.7. The first-order chi connectivity index (χ1) is 68.8. The molecule has 0 radical (unpaired) electrons. The zero-order chi connectivity index (χ0) is 95.0. The van der Waals surface area contributed by atoms with Gasteiger partial charge in [0.2, 0.25) is 0 Å². The van der Waals surface area contributed by atoms with E-state index in [9.17, 15) is 0 Å². The number of aromatic nitrogens is 16. The Balaban J connectivity index is 0.000000104. The topological polar surface area (TPSA) is 206 Å². The molecule has 0 unspecified atom stereocenters. The molecule has 23 aromatic rings. The summed E-state index contributed by atoms with van der Waals surface area (Å²) in [6.07, 6.45) is 5.55. The van der Waals surface area contributed by atoms with Gasteiger partial charge in [-0.3, -0.25) is 9.97 Å². The Morgan fingerprint density at radius 2 is 0.443 bits per heavy atom. The van der Waals surface area contributed by atoms with Crippen molar-refractivity contribution in [2.45, 2.75) is 54.4 Å². The third-order valence-electron chi connectivity index (χ3n) is 24.2. The Kier molecular flexibility index (Phi) is 26.7. The van der Waals surface area contributed by atoms with Crippen molar-refractivity contribution >= 4 is 32.3 Å². The fourth-order valence-corrected chi connectivity index (χ4v) is 17.6. The smallest absolute Gasteiger partial charge is 0.163 e. The maximum atomic E-state index is 4.80. The van der Waals surface area contributed by atoms with Crippen molar-refractivity contribution in [1.82, 2.24) is 79.7 Å². The fraction of sp³-hybridized carbons (Fsp3) is 0.0645. The molecule has 0 saturated carbocycles. The zero-order valence-electron chi connectivity index (χ0n) is 78.1. The van der Waals surface area contributed by atoms with E-state index in [0.717, 1.165) is 155 Å². The third kappa shape index (κ3) is 20.8. The Morgan fingerprint density at radius 3 is 0.814 bits per heavy atom. The summed E-state index contributed by atoms with van der Waals surface area (Å²) >= 11 is 0. The van der Waals surface area contributed by atoms with Gasteiger partial charge in [-0.1, -0.05) is 358 Å². The highest BCUT2D eigenvalue weighted by atomic mass is 15.0. The minimum Gasteiger partial charge on any atom is -0.255 e. The quantitative estimate of drug-likeness (QED) is 0.104. The highest BCUT2D eigenvalue weighted by Crippen LogP contribution is 2.42. The number of benzene rings is 15. The number of pyridine rings is 3. The molecule has 0 atom stereocenters. The van der Waals surface area contributed by atoms with E-state index in [1.54, 1.807) is 12.4 Å². The highest BCUT2D eigenvalue weighted by Gasteiger charge is 2.23. The average molecular weight is 1810 g/mol. The van der Waals surface area contributed by atoms with Gasteiger partial charge in [0.25, 0.3) is 0 Å². The van der Waals surface area contributed by atoms with E-state index in [-0.39, 0.29) is 0 Å². The van der Waals surface area contributed by atoms with E-state index >= 15 is 0 Å². The van der Waals surface area contributed by atoms with Crippen LogP contribution in [0, 0.1) is 41.5 Å². The van der Waals surface area contributed by atoms with Gasteiger partial charge in [-0.2, -0.15) is 0 Å². The van der Waals surface area contributed by atoms with Crippen LogP contribution in [0.5, 0.6) is 0 Å². The largest absolute Gasteiger partial charge is 0.255 e. The van der Waals surface area contributed by atoms with Gasteiger partial charge in [-0.15, -0.1) is 0 Å². The van der Waals surface area contributed by atoms with E-state index in [4.69, 9.17) is 15.0 Å². The van der Waals surface area contributed by atoms with Crippen molar-refractivity contribution in [1.29, 1.82) is 0 Å². The SMILES string of the molecule is Cc1cc(-c2ccccc2)nc(-c2ccccc2)n1.Cc1cc(-c2ccccn2)nc(-c2ccccn2)c1.Cc1nc(-c2ccccc2)cc(-c2ccccc2)n1.Cc1nc(-c2ccccc2)nc(-c2ccc3c(c2)-c2ccccc2C3)n1.Cc1nc(-c2ccccc2)nc(-c2ccc3c(c2)-c2ccccc2C3)n1.Cc1nc(-c2ccccc2)nc(-c2ccc3c4ccccc4c4ccccc4c3c2)n1. The van der Waals surface area contributed by atoms with Crippen LogP contribution < -0.4 is 0 Å². The molecule has 0 aliphatic heterocycles. The molecule has 670 valence electrons. The summed E-state index contributed by atoms with van der Waals surface area (Å²) in [5, 5.41) is 7.50. The highest BCUT2D eigenvalue weighted by molar-refractivity contribution is 6.25. The van der Waals surface area contributed by atoms with Gasteiger partial charge in [0.1, 0.15) is 23.3 Å². The van der Waals surface area contributed by atoms with E-state index < -0.39 is 0 Å². The molecule has 16 heteroatoms. The summed E-state index contributed by atoms with van der Waals surface area (Å²) in [7, 11) is 0. The van der Waals surface area contributed by atoms with Gasteiger partial charge in [0.05, 0.1) is 39.9 Å². The molecule has 2 aliphatic carbocycles. The molecule has 25 rings (SSSR count). The molecule has 8 aromatic heterocycles. The summed E-state index contributed by atoms with van der Waals surface area (Å²) in [6, 6.07) is 145. The summed E-state index contributed by atoms with van der Waals surface area (Å²) in [5.41, 5.74) is 29.7. The number of rotatable bonds is 12. The normalized spacial score (nSPS) is 11.2. The minimum absolute atomic E-state index is 0.700. The maximum Gasteiger partial charge on any atom is 0.163 e. The molecule has 0 spiro atoms. The van der Waals surface area contributed by atoms with Crippen LogP contribution in [0.3, 0.4) is 0 Å². The van der Waals surface area contributed by atoms with Crippen LogP contribution >= 0.6 is 0 Å². The Labute approximate surface area is 813 Å². The van der Waals surface area contributed by atoms with E-state index in [1.807, 2.05) is 271 Å². The van der Waals surface area contributed by atoms with Crippen molar-refractivity contribution in [3.63, 3.8) is 0 Å². The van der Waals surface area contributed by atoms with E-state index in [0.29, 0.717) is 29.1 Å². The number of nitrogens with zero attached hydrogens (tertiary/aromatic N) is 16. The number of fused-ring (bicyclic) bond motifs is 12. The minimum atomic E-state index is 0.700. The summed E-state index contributed by atoms with van der Waals surface area (Å²) in [6.45, 7) is 11.7. The van der Waals surface area contributed by atoms with Gasteiger partial charge in [0, 0.05) is 73.7 Å². The van der Waals surface area contributed by atoms with Crippen LogP contribution in [-0.4, -0.2) is 79.7 Å². The lowest BCUT2D eigenvalue weighted by molar-refractivity contribution is 0.991. The standard InChI is InChI=1S/C28H19N3.2C23H17N3.2C17H14N2.C16H13N3/c1-18-29-27(19-9-3-2-4-10-19)31-28(30-18)20-15-16-25-23-13-6-5-11-21(23)22-12-7-8-14-24(22)26(25)17-20;2*1-15-24-22(16-7-3-2-4-8-16)26-23(25-15)19-12-11-18-13-17-9-5-6-10-20(17)21(18)14-19;1-13-18-16(14-8-4-2-5-9-14)12-17(19-13)15-10-6-3-7-11-15;1-13-12-16(14-8-4-2-5-9-14)19-17(18-13)15-10-6-3-7-11-15;1-12-10-15(13-6-2-4-8-17-13)19-16(11-12)14-7-3-5-9-18-14/h2-17H,1H3;2*2-12,14H,13H2,1H3;2*2-12H,1H3;2-11H,1H3. The molecule has 0 amide bonds. The van der Waals surface area contributed by atoms with Gasteiger partial charge >= 0.3 is 0 Å². The molecule has 8 heterocycles. The van der Waals surface area contributed by atoms with Gasteiger partial charge in [0.15, 0.2) is 40.8 Å². The monoisotopic (exact) mass is 1810 g/mol. The number of aryl methyl sites for hydroxylation is 6. The molecule has 0 N–H and O–H groups in total. The molecular formula is C124H94N16. The second-order valence-corrected chi connectivity index (χ2v) is 34.2. The summed E-state index contributed by atoms with van der Waals surface area (Å²) in [4.78, 5) is 73.2. The molecule has 2 aliphatic rings. The fourth-order valence-electron chi connectivity index (χ4n) is 17.6. The lowest BCUT2D eigenvalue weighted by Crippen LogP contribution is -1.99. The van der Waals surface area contributed by atoms with Crippen LogP contribution in [0.25, 0.3) is 191 Å². The van der Waals surface area contributed by atoms with Crippen molar-refractivity contribution in [2.75, 3.05) is 0 Å². The van der Waals surface area contributed by atoms with Crippen molar-refractivity contribution in [3.8, 4) is 159 Å². The molecular weight excluding hydrogens is 1710 g/mol. The van der Waals surface area contributed by atoms with Gasteiger partial charge in [-0.05, 0) is 204 Å². The molecule has 0 fully saturated rings. The van der Waals surface area contributed by atoms with Crippen LogP contribution in [0.2, 0.25) is 0 Å². The first-order valence-electron chi connectivity index (χ1n) is 46.7. The Hall–Kier alpha value is -18.3. The summed E-state index contributed by atoms with van der Waals surface area (Å²) < 4.78 is 0. The van der Waals surface area contributed by atoms with Crippen molar-refractivity contribution in [2.24, 2.45) is 0 Å². The zero-order valence-corrected chi connectivity index (χ0v) is 78.1. The second-order valence-electron chi connectivity index (χ2n) is 34.2. The molecule has 16 nitrogen and oxygen atoms in total. The van der Waals surface area contributed by atoms with Crippen LogP contribution in [-0.2, 0) is 12.8 Å². The van der Waals surface area contributed by atoms with E-state index in [2.05, 4.69) is 260 Å². The molecule has 0 bridgehead atoms. The van der Waals surface area contributed by atoms with Crippen LogP contribution in [0.1, 0.15) is 56.8 Å². The average Bonchev–Trinajstić information content (AvgIpc) is 0.974. The third-order valence-corrected chi connectivity index (χ3v) is 24.2. The maximum absolute atomic E-state index is 4.80. The first kappa shape index (κ1) is 89.6. The lowest BCUT2D eigenvalue weighted by Gasteiger charge is -2.12. The lowest BCUT2D eigenvalue weighted by atomic mass is 9.93. The molecule has 0 saturated heterocycles. The predicted octanol–water partition coefficient (Wildman–Crippen LogP) is 28.9. The van der Waals surface area contributed by atoms with Crippen LogP contribution in [0.15, 0.2) is 437 Å².